The van der Waals surface area contributed by atoms with Crippen molar-refractivity contribution in [2.45, 2.75) is 45.6 Å². The van der Waals surface area contributed by atoms with Crippen LogP contribution in [-0.4, -0.2) is 24.2 Å². The SMILES string of the molecule is CC(C)c1ccc(NC(=S)NCCCN2c3ccccc3C[C@H]2C)cc1. The standard InChI is InChI=1S/C22H29N3S/c1-16(2)18-9-11-20(12-10-18)24-22(26)23-13-6-14-25-17(3)15-19-7-4-5-8-21(19)25/h4-5,7-12,16-17H,6,13-15H2,1-3H3,(H2,23,24,26)/t17-/m1/s1. The number of anilines is 2. The van der Waals surface area contributed by atoms with Gasteiger partial charge in [0.05, 0.1) is 0 Å². The van der Waals surface area contributed by atoms with E-state index in [9.17, 15) is 0 Å². The van der Waals surface area contributed by atoms with E-state index < -0.39 is 0 Å². The van der Waals surface area contributed by atoms with Gasteiger partial charge in [0.1, 0.15) is 0 Å². The summed E-state index contributed by atoms with van der Waals surface area (Å²) in [6.45, 7) is 8.64. The average molecular weight is 368 g/mol. The van der Waals surface area contributed by atoms with Gasteiger partial charge >= 0.3 is 0 Å². The van der Waals surface area contributed by atoms with Gasteiger partial charge in [-0.2, -0.15) is 0 Å². The zero-order chi connectivity index (χ0) is 18.5. The topological polar surface area (TPSA) is 27.3 Å². The van der Waals surface area contributed by atoms with Crippen molar-refractivity contribution in [2.75, 3.05) is 23.3 Å². The van der Waals surface area contributed by atoms with Crippen molar-refractivity contribution in [1.29, 1.82) is 0 Å². The Kier molecular flexibility index (Phi) is 6.15. The summed E-state index contributed by atoms with van der Waals surface area (Å²) in [5.41, 5.74) is 5.24. The van der Waals surface area contributed by atoms with Crippen molar-refractivity contribution in [3.63, 3.8) is 0 Å². The molecule has 2 aromatic carbocycles. The lowest BCUT2D eigenvalue weighted by atomic mass is 10.0. The first-order valence-electron chi connectivity index (χ1n) is 9.54. The van der Waals surface area contributed by atoms with Crippen LogP contribution in [0.25, 0.3) is 0 Å². The number of para-hydroxylation sites is 1. The van der Waals surface area contributed by atoms with Crippen molar-refractivity contribution < 1.29 is 0 Å². The predicted octanol–water partition coefficient (Wildman–Crippen LogP) is 4.94. The number of hydrogen-bond donors (Lipinski definition) is 2. The Bertz CT molecular complexity index is 739. The summed E-state index contributed by atoms with van der Waals surface area (Å²) in [5, 5.41) is 7.28. The number of rotatable bonds is 6. The minimum Gasteiger partial charge on any atom is -0.368 e. The highest BCUT2D eigenvalue weighted by Crippen LogP contribution is 2.31. The Balaban J connectivity index is 1.42. The number of nitrogens with one attached hydrogen (secondary N) is 2. The first-order valence-corrected chi connectivity index (χ1v) is 9.95. The van der Waals surface area contributed by atoms with Gasteiger partial charge in [-0.25, -0.2) is 0 Å². The Hall–Kier alpha value is -2.07. The number of benzene rings is 2. The molecule has 0 amide bonds. The fraction of sp³-hybridized carbons (Fsp3) is 0.409. The van der Waals surface area contributed by atoms with Crippen LogP contribution >= 0.6 is 12.2 Å². The molecular weight excluding hydrogens is 338 g/mol. The van der Waals surface area contributed by atoms with E-state index in [-0.39, 0.29) is 0 Å². The molecule has 3 nitrogen and oxygen atoms in total. The highest BCUT2D eigenvalue weighted by molar-refractivity contribution is 7.80. The van der Waals surface area contributed by atoms with E-state index in [1.165, 1.54) is 16.8 Å². The van der Waals surface area contributed by atoms with Gasteiger partial charge in [0.2, 0.25) is 0 Å². The Morgan fingerprint density at radius 2 is 1.88 bits per heavy atom. The van der Waals surface area contributed by atoms with Crippen molar-refractivity contribution in [3.8, 4) is 0 Å². The second kappa shape index (κ2) is 8.54. The molecule has 4 heteroatoms. The predicted molar refractivity (Wildman–Crippen MR) is 116 cm³/mol. The molecular formula is C22H29N3S. The third-order valence-corrected chi connectivity index (χ3v) is 5.29. The summed E-state index contributed by atoms with van der Waals surface area (Å²) in [5.74, 6) is 0.548. The molecule has 1 heterocycles. The maximum Gasteiger partial charge on any atom is 0.170 e. The van der Waals surface area contributed by atoms with E-state index in [0.717, 1.165) is 31.6 Å². The lowest BCUT2D eigenvalue weighted by molar-refractivity contribution is 0.641. The first kappa shape index (κ1) is 18.7. The van der Waals surface area contributed by atoms with Gasteiger partial charge in [-0.15, -0.1) is 0 Å². The average Bonchev–Trinajstić information content (AvgIpc) is 2.94. The molecule has 0 saturated heterocycles. The summed E-state index contributed by atoms with van der Waals surface area (Å²) in [6, 6.07) is 17.8. The molecule has 1 aliphatic heterocycles. The van der Waals surface area contributed by atoms with E-state index in [0.29, 0.717) is 17.1 Å². The second-order valence-corrected chi connectivity index (χ2v) is 7.79. The maximum atomic E-state index is 5.42. The molecule has 0 aliphatic carbocycles. The van der Waals surface area contributed by atoms with Crippen LogP contribution in [0.5, 0.6) is 0 Å². The molecule has 2 N–H and O–H groups in total. The zero-order valence-corrected chi connectivity index (χ0v) is 16.8. The van der Waals surface area contributed by atoms with Gasteiger partial charge in [0.15, 0.2) is 5.11 Å². The van der Waals surface area contributed by atoms with Gasteiger partial charge < -0.3 is 15.5 Å². The number of fused-ring (bicyclic) bond motifs is 1. The van der Waals surface area contributed by atoms with Crippen molar-refractivity contribution in [2.24, 2.45) is 0 Å². The highest BCUT2D eigenvalue weighted by atomic mass is 32.1. The molecule has 2 aromatic rings. The van der Waals surface area contributed by atoms with Crippen LogP contribution in [-0.2, 0) is 6.42 Å². The minimum atomic E-state index is 0.548. The Morgan fingerprint density at radius 3 is 2.62 bits per heavy atom. The van der Waals surface area contributed by atoms with Gasteiger partial charge in [-0.1, -0.05) is 44.2 Å². The van der Waals surface area contributed by atoms with E-state index in [1.54, 1.807) is 0 Å². The summed E-state index contributed by atoms with van der Waals surface area (Å²) >= 11 is 5.42. The summed E-state index contributed by atoms with van der Waals surface area (Å²) in [7, 11) is 0. The zero-order valence-electron chi connectivity index (χ0n) is 16.0. The largest absolute Gasteiger partial charge is 0.368 e. The monoisotopic (exact) mass is 367 g/mol. The highest BCUT2D eigenvalue weighted by Gasteiger charge is 2.24. The van der Waals surface area contributed by atoms with Gasteiger partial charge in [-0.05, 0) is 67.2 Å². The van der Waals surface area contributed by atoms with E-state index in [4.69, 9.17) is 12.2 Å². The molecule has 0 bridgehead atoms. The smallest absolute Gasteiger partial charge is 0.170 e. The summed E-state index contributed by atoms with van der Waals surface area (Å²) < 4.78 is 0. The molecule has 0 spiro atoms. The van der Waals surface area contributed by atoms with Gasteiger partial charge in [0.25, 0.3) is 0 Å². The normalized spacial score (nSPS) is 15.8. The quantitative estimate of drug-likeness (QED) is 0.559. The molecule has 1 aliphatic rings. The summed E-state index contributed by atoms with van der Waals surface area (Å²) in [4.78, 5) is 2.51. The Labute approximate surface area is 162 Å². The van der Waals surface area contributed by atoms with E-state index in [1.807, 2.05) is 0 Å². The third kappa shape index (κ3) is 4.55. The molecule has 0 saturated carbocycles. The fourth-order valence-corrected chi connectivity index (χ4v) is 3.77. The lowest BCUT2D eigenvalue weighted by Crippen LogP contribution is -2.34. The number of thiocarbonyl (C=S) groups is 1. The molecule has 1 atom stereocenters. The third-order valence-electron chi connectivity index (χ3n) is 5.05. The van der Waals surface area contributed by atoms with Crippen LogP contribution in [0.3, 0.4) is 0 Å². The van der Waals surface area contributed by atoms with Crippen LogP contribution < -0.4 is 15.5 Å². The van der Waals surface area contributed by atoms with Crippen LogP contribution in [0.15, 0.2) is 48.5 Å². The molecule has 0 radical (unpaired) electrons. The molecule has 138 valence electrons. The second-order valence-electron chi connectivity index (χ2n) is 7.39. The fourth-order valence-electron chi connectivity index (χ4n) is 3.55. The summed E-state index contributed by atoms with van der Waals surface area (Å²) in [6.07, 6.45) is 2.21. The molecule has 26 heavy (non-hydrogen) atoms. The maximum absolute atomic E-state index is 5.42. The Morgan fingerprint density at radius 1 is 1.15 bits per heavy atom. The number of nitrogens with zero attached hydrogens (tertiary/aromatic N) is 1. The van der Waals surface area contributed by atoms with Crippen LogP contribution in [0.2, 0.25) is 0 Å². The van der Waals surface area contributed by atoms with Crippen molar-refractivity contribution in [1.82, 2.24) is 5.32 Å². The van der Waals surface area contributed by atoms with Crippen LogP contribution in [0, 0.1) is 0 Å². The van der Waals surface area contributed by atoms with Crippen LogP contribution in [0.4, 0.5) is 11.4 Å². The van der Waals surface area contributed by atoms with Crippen molar-refractivity contribution >= 4 is 28.7 Å². The van der Waals surface area contributed by atoms with Gasteiger partial charge in [-0.3, -0.25) is 0 Å². The first-order chi connectivity index (χ1) is 12.5. The molecule has 0 unspecified atom stereocenters. The lowest BCUT2D eigenvalue weighted by Gasteiger charge is -2.25. The van der Waals surface area contributed by atoms with Gasteiger partial charge in [0, 0.05) is 30.5 Å². The van der Waals surface area contributed by atoms with E-state index >= 15 is 0 Å². The number of hydrogen-bond acceptors (Lipinski definition) is 2. The van der Waals surface area contributed by atoms with Crippen LogP contribution in [0.1, 0.15) is 44.2 Å². The van der Waals surface area contributed by atoms with E-state index in [2.05, 4.69) is 84.8 Å². The molecule has 3 rings (SSSR count). The van der Waals surface area contributed by atoms with Crippen molar-refractivity contribution in [3.05, 3.63) is 59.7 Å². The molecule has 0 fully saturated rings. The minimum absolute atomic E-state index is 0.548. The molecule has 0 aromatic heterocycles.